The summed E-state index contributed by atoms with van der Waals surface area (Å²) in [6, 6.07) is 4.54. The number of rotatable bonds is 3. The van der Waals surface area contributed by atoms with Crippen LogP contribution in [0.2, 0.25) is 0 Å². The molecule has 2 aromatic rings. The molecule has 64 valence electrons. The summed E-state index contributed by atoms with van der Waals surface area (Å²) < 4.78 is 2.90. The topological polar surface area (TPSA) is 0 Å². The quantitative estimate of drug-likeness (QED) is 0.723. The molecule has 12 heavy (non-hydrogen) atoms. The molecule has 2 rings (SSSR count). The summed E-state index contributed by atoms with van der Waals surface area (Å²) in [6.45, 7) is 0. The summed E-state index contributed by atoms with van der Waals surface area (Å²) in [4.78, 5) is 1.52. The average Bonchev–Trinajstić information content (AvgIpc) is 2.58. The van der Waals surface area contributed by atoms with Crippen LogP contribution in [0.5, 0.6) is 0 Å². The van der Waals surface area contributed by atoms with Crippen LogP contribution in [0.4, 0.5) is 0 Å². The van der Waals surface area contributed by atoms with Crippen molar-refractivity contribution >= 4 is 48.0 Å². The fraction of sp³-hybridized carbons (Fsp3) is 0.333. The minimum atomic E-state index is 1.11. The number of alkyl halides is 1. The Kier molecular flexibility index (Phi) is 2.84. The Morgan fingerprint density at radius 1 is 1.33 bits per heavy atom. The van der Waals surface area contributed by atoms with Gasteiger partial charge in [0.05, 0.1) is 0 Å². The fourth-order valence-electron chi connectivity index (χ4n) is 1.18. The van der Waals surface area contributed by atoms with Crippen molar-refractivity contribution in [3.05, 3.63) is 22.4 Å². The summed E-state index contributed by atoms with van der Waals surface area (Å²) in [6.07, 6.45) is 2.46. The van der Waals surface area contributed by atoms with E-state index in [0.717, 1.165) is 5.33 Å². The summed E-state index contributed by atoms with van der Waals surface area (Å²) in [5.41, 5.74) is 0. The van der Waals surface area contributed by atoms with Gasteiger partial charge >= 0.3 is 0 Å². The number of hydrogen-bond acceptors (Lipinski definition) is 2. The Balaban J connectivity index is 2.21. The molecule has 0 radical (unpaired) electrons. The van der Waals surface area contributed by atoms with Crippen LogP contribution in [0.1, 0.15) is 11.3 Å². The second kappa shape index (κ2) is 3.90. The molecule has 0 nitrogen and oxygen atoms in total. The molecule has 0 aliphatic heterocycles. The molecule has 0 N–H and O–H groups in total. The van der Waals surface area contributed by atoms with Crippen LogP contribution in [-0.4, -0.2) is 5.33 Å². The second-order valence-electron chi connectivity index (χ2n) is 2.65. The van der Waals surface area contributed by atoms with E-state index in [9.17, 15) is 0 Å². The van der Waals surface area contributed by atoms with E-state index in [1.54, 1.807) is 0 Å². The first kappa shape index (κ1) is 8.73. The van der Waals surface area contributed by atoms with E-state index >= 15 is 0 Å². The maximum absolute atomic E-state index is 3.45. The molecule has 0 saturated heterocycles. The summed E-state index contributed by atoms with van der Waals surface area (Å²) in [5.74, 6) is 0. The molecule has 0 aliphatic rings. The van der Waals surface area contributed by atoms with Gasteiger partial charge in [-0.15, -0.1) is 22.7 Å². The van der Waals surface area contributed by atoms with E-state index in [1.807, 2.05) is 22.7 Å². The zero-order valence-corrected chi connectivity index (χ0v) is 9.77. The Morgan fingerprint density at radius 3 is 3.00 bits per heavy atom. The van der Waals surface area contributed by atoms with Crippen molar-refractivity contribution in [2.75, 3.05) is 5.33 Å². The van der Waals surface area contributed by atoms with E-state index in [2.05, 4.69) is 33.4 Å². The maximum Gasteiger partial charge on any atom is 0.0453 e. The highest BCUT2D eigenvalue weighted by atomic mass is 79.9. The molecule has 3 heteroatoms. The van der Waals surface area contributed by atoms with E-state index in [4.69, 9.17) is 0 Å². The monoisotopic (exact) mass is 260 g/mol. The second-order valence-corrected chi connectivity index (χ2v) is 5.56. The molecule has 2 heterocycles. The van der Waals surface area contributed by atoms with Crippen molar-refractivity contribution in [2.24, 2.45) is 0 Å². The molecule has 0 bridgehead atoms. The first-order chi connectivity index (χ1) is 5.90. The maximum atomic E-state index is 3.45. The van der Waals surface area contributed by atoms with Crippen LogP contribution in [0.25, 0.3) is 9.40 Å². The highest BCUT2D eigenvalue weighted by molar-refractivity contribution is 9.09. The van der Waals surface area contributed by atoms with Crippen molar-refractivity contribution in [1.29, 1.82) is 0 Å². The van der Waals surface area contributed by atoms with Crippen molar-refractivity contribution < 1.29 is 0 Å². The molecule has 0 saturated carbocycles. The van der Waals surface area contributed by atoms with Crippen LogP contribution in [-0.2, 0) is 6.42 Å². The highest BCUT2D eigenvalue weighted by Crippen LogP contribution is 2.30. The first-order valence-electron chi connectivity index (χ1n) is 3.92. The lowest BCUT2D eigenvalue weighted by molar-refractivity contribution is 0.960. The van der Waals surface area contributed by atoms with Gasteiger partial charge in [0.1, 0.15) is 0 Å². The number of halogens is 1. The predicted molar refractivity (Wildman–Crippen MR) is 61.8 cm³/mol. The first-order valence-corrected chi connectivity index (χ1v) is 6.74. The number of hydrogen-bond donors (Lipinski definition) is 0. The van der Waals surface area contributed by atoms with E-state index < -0.39 is 0 Å². The van der Waals surface area contributed by atoms with Gasteiger partial charge in [-0.3, -0.25) is 0 Å². The van der Waals surface area contributed by atoms with E-state index in [-0.39, 0.29) is 0 Å². The lowest BCUT2D eigenvalue weighted by Gasteiger charge is -1.90. The van der Waals surface area contributed by atoms with E-state index in [1.165, 1.54) is 27.1 Å². The fourth-order valence-corrected chi connectivity index (χ4v) is 3.64. The van der Waals surface area contributed by atoms with Crippen molar-refractivity contribution in [2.45, 2.75) is 12.8 Å². The third kappa shape index (κ3) is 1.73. The number of thiophene rings is 2. The Morgan fingerprint density at radius 2 is 2.25 bits per heavy atom. The highest BCUT2D eigenvalue weighted by Gasteiger charge is 2.01. The standard InChI is InChI=1S/C9H9BrS2/c10-4-1-2-7-6-9-8(12-7)3-5-11-9/h3,5-6H,1-2,4H2. The van der Waals surface area contributed by atoms with Crippen LogP contribution in [0.3, 0.4) is 0 Å². The minimum absolute atomic E-state index is 1.11. The molecule has 0 fully saturated rings. The van der Waals surface area contributed by atoms with Gasteiger partial charge in [-0.05, 0) is 30.4 Å². The van der Waals surface area contributed by atoms with Crippen LogP contribution in [0.15, 0.2) is 17.5 Å². The predicted octanol–water partition coefficient (Wildman–Crippen LogP) is 4.29. The zero-order valence-electron chi connectivity index (χ0n) is 6.55. The van der Waals surface area contributed by atoms with Gasteiger partial charge in [-0.2, -0.15) is 0 Å². The lowest BCUT2D eigenvalue weighted by Crippen LogP contribution is -1.79. The average molecular weight is 261 g/mol. The smallest absolute Gasteiger partial charge is 0.0453 e. The van der Waals surface area contributed by atoms with E-state index in [0.29, 0.717) is 0 Å². The Bertz CT molecular complexity index is 333. The molecule has 0 spiro atoms. The molecule has 0 amide bonds. The molecule has 0 unspecified atom stereocenters. The van der Waals surface area contributed by atoms with Gasteiger partial charge in [-0.25, -0.2) is 0 Å². The summed E-state index contributed by atoms with van der Waals surface area (Å²) >= 11 is 7.22. The van der Waals surface area contributed by atoms with Crippen molar-refractivity contribution in [1.82, 2.24) is 0 Å². The van der Waals surface area contributed by atoms with Crippen LogP contribution < -0.4 is 0 Å². The lowest BCUT2D eigenvalue weighted by atomic mass is 10.3. The Hall–Kier alpha value is 0.140. The third-order valence-electron chi connectivity index (χ3n) is 1.75. The Labute approximate surface area is 88.4 Å². The number of fused-ring (bicyclic) bond motifs is 1. The van der Waals surface area contributed by atoms with Gasteiger partial charge in [0.2, 0.25) is 0 Å². The molecular formula is C9H9BrS2. The number of aryl methyl sites for hydroxylation is 1. The SMILES string of the molecule is BrCCCc1cc2sccc2s1. The van der Waals surface area contributed by atoms with Gasteiger partial charge < -0.3 is 0 Å². The van der Waals surface area contributed by atoms with Crippen LogP contribution in [0, 0.1) is 0 Å². The van der Waals surface area contributed by atoms with Crippen molar-refractivity contribution in [3.63, 3.8) is 0 Å². The van der Waals surface area contributed by atoms with Gasteiger partial charge in [0, 0.05) is 19.6 Å². The molecule has 0 aliphatic carbocycles. The molecule has 0 atom stereocenters. The molecular weight excluding hydrogens is 252 g/mol. The molecule has 2 aromatic heterocycles. The summed E-state index contributed by atoms with van der Waals surface area (Å²) in [5, 5.41) is 3.27. The normalized spacial score (nSPS) is 11.1. The van der Waals surface area contributed by atoms with Gasteiger partial charge in [0.15, 0.2) is 0 Å². The van der Waals surface area contributed by atoms with Crippen molar-refractivity contribution in [3.8, 4) is 0 Å². The van der Waals surface area contributed by atoms with Gasteiger partial charge in [-0.1, -0.05) is 15.9 Å². The third-order valence-corrected chi connectivity index (χ3v) is 4.46. The van der Waals surface area contributed by atoms with Gasteiger partial charge in [0.25, 0.3) is 0 Å². The minimum Gasteiger partial charge on any atom is -0.143 e. The molecule has 0 aromatic carbocycles. The zero-order chi connectivity index (χ0) is 8.39. The largest absolute Gasteiger partial charge is 0.143 e. The van der Waals surface area contributed by atoms with Crippen LogP contribution >= 0.6 is 38.6 Å². The summed E-state index contributed by atoms with van der Waals surface area (Å²) in [7, 11) is 0.